The van der Waals surface area contributed by atoms with Crippen LogP contribution in [0.25, 0.3) is 0 Å². The first-order chi connectivity index (χ1) is 9.81. The molecule has 114 valence electrons. The molecule has 0 saturated heterocycles. The highest BCUT2D eigenvalue weighted by atomic mass is 16.5. The molecule has 1 rings (SSSR count). The largest absolute Gasteiger partial charge is 0.493 e. The van der Waals surface area contributed by atoms with Crippen molar-refractivity contribution >= 4 is 0 Å². The molecule has 0 aliphatic carbocycles. The monoisotopic (exact) mass is 279 g/mol. The lowest BCUT2D eigenvalue weighted by Gasteiger charge is -2.11. The number of methoxy groups -OCH3 is 1. The van der Waals surface area contributed by atoms with Crippen LogP contribution in [0.3, 0.4) is 0 Å². The van der Waals surface area contributed by atoms with E-state index in [1.165, 1.54) is 24.8 Å². The number of unbranched alkanes of at least 4 members (excludes halogenated alkanes) is 2. The van der Waals surface area contributed by atoms with E-state index in [4.69, 9.17) is 9.47 Å². The van der Waals surface area contributed by atoms with Crippen LogP contribution in [0.15, 0.2) is 18.2 Å². The van der Waals surface area contributed by atoms with Gasteiger partial charge in [0.1, 0.15) is 0 Å². The zero-order valence-electron chi connectivity index (χ0n) is 13.2. The fourth-order valence-corrected chi connectivity index (χ4v) is 2.06. The number of rotatable bonds is 11. The lowest BCUT2D eigenvalue weighted by molar-refractivity contribution is 0.285. The third kappa shape index (κ3) is 6.29. The molecule has 0 atom stereocenters. The van der Waals surface area contributed by atoms with E-state index < -0.39 is 0 Å². The summed E-state index contributed by atoms with van der Waals surface area (Å²) in [6.45, 7) is 7.33. The Labute approximate surface area is 123 Å². The Morgan fingerprint density at radius 3 is 2.55 bits per heavy atom. The second-order valence-corrected chi connectivity index (χ2v) is 5.00. The van der Waals surface area contributed by atoms with E-state index in [0.29, 0.717) is 0 Å². The fourth-order valence-electron chi connectivity index (χ4n) is 2.06. The van der Waals surface area contributed by atoms with Crippen molar-refractivity contribution in [3.63, 3.8) is 0 Å². The van der Waals surface area contributed by atoms with Crippen LogP contribution in [0.2, 0.25) is 0 Å². The average molecular weight is 279 g/mol. The smallest absolute Gasteiger partial charge is 0.161 e. The molecule has 0 spiro atoms. The molecular formula is C17H29NO2. The molecule has 0 aromatic heterocycles. The minimum Gasteiger partial charge on any atom is -0.493 e. The van der Waals surface area contributed by atoms with Gasteiger partial charge in [-0.25, -0.2) is 0 Å². The van der Waals surface area contributed by atoms with Gasteiger partial charge in [-0.1, -0.05) is 19.9 Å². The molecule has 0 unspecified atom stereocenters. The number of ether oxygens (including phenoxy) is 2. The van der Waals surface area contributed by atoms with Gasteiger partial charge in [0, 0.05) is 0 Å². The summed E-state index contributed by atoms with van der Waals surface area (Å²) in [7, 11) is 1.70. The summed E-state index contributed by atoms with van der Waals surface area (Å²) in [6.07, 6.45) is 5.73. The number of benzene rings is 1. The molecule has 1 aromatic carbocycles. The molecule has 0 aliphatic rings. The Morgan fingerprint density at radius 1 is 1.00 bits per heavy atom. The highest BCUT2D eigenvalue weighted by molar-refractivity contribution is 5.42. The summed E-state index contributed by atoms with van der Waals surface area (Å²) in [5.74, 6) is 1.70. The summed E-state index contributed by atoms with van der Waals surface area (Å²) in [5, 5.41) is 3.41. The van der Waals surface area contributed by atoms with E-state index >= 15 is 0 Å². The van der Waals surface area contributed by atoms with Gasteiger partial charge in [0.05, 0.1) is 13.7 Å². The van der Waals surface area contributed by atoms with Crippen molar-refractivity contribution in [1.29, 1.82) is 0 Å². The maximum Gasteiger partial charge on any atom is 0.161 e. The van der Waals surface area contributed by atoms with Crippen molar-refractivity contribution in [3.8, 4) is 11.5 Å². The summed E-state index contributed by atoms with van der Waals surface area (Å²) in [6, 6.07) is 6.18. The second-order valence-electron chi connectivity index (χ2n) is 5.00. The summed E-state index contributed by atoms with van der Waals surface area (Å²) < 4.78 is 11.2. The Kier molecular flexibility index (Phi) is 8.88. The Bertz CT molecular complexity index is 366. The van der Waals surface area contributed by atoms with Gasteiger partial charge in [0.2, 0.25) is 0 Å². The molecular weight excluding hydrogens is 250 g/mol. The summed E-state index contributed by atoms with van der Waals surface area (Å²) >= 11 is 0. The lowest BCUT2D eigenvalue weighted by atomic mass is 10.1. The first-order valence-electron chi connectivity index (χ1n) is 7.82. The van der Waals surface area contributed by atoms with Gasteiger partial charge >= 0.3 is 0 Å². The van der Waals surface area contributed by atoms with E-state index in [1.54, 1.807) is 7.11 Å². The normalized spacial score (nSPS) is 10.6. The van der Waals surface area contributed by atoms with Gasteiger partial charge in [-0.2, -0.15) is 0 Å². The zero-order valence-corrected chi connectivity index (χ0v) is 13.2. The number of nitrogens with one attached hydrogen (secondary N) is 1. The van der Waals surface area contributed by atoms with Crippen LogP contribution >= 0.6 is 0 Å². The van der Waals surface area contributed by atoms with Crippen molar-refractivity contribution in [3.05, 3.63) is 23.8 Å². The van der Waals surface area contributed by atoms with Crippen molar-refractivity contribution in [1.82, 2.24) is 5.32 Å². The van der Waals surface area contributed by atoms with Gasteiger partial charge in [-0.3, -0.25) is 0 Å². The number of hydrogen-bond donors (Lipinski definition) is 1. The Balaban J connectivity index is 2.21. The molecule has 1 N–H and O–H groups in total. The van der Waals surface area contributed by atoms with Crippen LogP contribution in [0, 0.1) is 0 Å². The standard InChI is InChI=1S/C17H29NO2/c1-4-11-18-12-7-6-8-13-20-16-10-9-15(5-2)14-17(16)19-3/h9-10,14,18H,4-8,11-13H2,1-3H3. The zero-order chi connectivity index (χ0) is 14.6. The molecule has 0 amide bonds. The van der Waals surface area contributed by atoms with Crippen LogP contribution in [0.4, 0.5) is 0 Å². The predicted molar refractivity (Wildman–Crippen MR) is 84.9 cm³/mol. The van der Waals surface area contributed by atoms with E-state index in [2.05, 4.69) is 31.3 Å². The molecule has 20 heavy (non-hydrogen) atoms. The van der Waals surface area contributed by atoms with Gasteiger partial charge in [-0.05, 0) is 62.9 Å². The maximum atomic E-state index is 5.81. The first kappa shape index (κ1) is 16.8. The van der Waals surface area contributed by atoms with Crippen molar-refractivity contribution in [2.24, 2.45) is 0 Å². The minimum absolute atomic E-state index is 0.760. The number of hydrogen-bond acceptors (Lipinski definition) is 3. The molecule has 0 radical (unpaired) electrons. The molecule has 0 saturated carbocycles. The van der Waals surface area contributed by atoms with Crippen molar-refractivity contribution in [2.45, 2.75) is 46.0 Å². The highest BCUT2D eigenvalue weighted by Gasteiger charge is 2.04. The third-order valence-corrected chi connectivity index (χ3v) is 3.32. The van der Waals surface area contributed by atoms with Crippen LogP contribution < -0.4 is 14.8 Å². The third-order valence-electron chi connectivity index (χ3n) is 3.32. The molecule has 3 heteroatoms. The first-order valence-corrected chi connectivity index (χ1v) is 7.82. The van der Waals surface area contributed by atoms with Gasteiger partial charge < -0.3 is 14.8 Å². The highest BCUT2D eigenvalue weighted by Crippen LogP contribution is 2.28. The van der Waals surface area contributed by atoms with E-state index in [1.807, 2.05) is 6.07 Å². The SMILES string of the molecule is CCCNCCCCCOc1ccc(CC)cc1OC. The van der Waals surface area contributed by atoms with Gasteiger partial charge in [-0.15, -0.1) is 0 Å². The lowest BCUT2D eigenvalue weighted by Crippen LogP contribution is -2.15. The van der Waals surface area contributed by atoms with Crippen LogP contribution in [0.5, 0.6) is 11.5 Å². The predicted octanol–water partition coefficient (Wildman–Crippen LogP) is 3.81. The molecule has 0 heterocycles. The average Bonchev–Trinajstić information content (AvgIpc) is 2.50. The molecule has 0 aliphatic heterocycles. The maximum absolute atomic E-state index is 5.81. The van der Waals surface area contributed by atoms with Crippen LogP contribution in [0.1, 0.15) is 45.1 Å². The quantitative estimate of drug-likeness (QED) is 0.625. The van der Waals surface area contributed by atoms with E-state index in [9.17, 15) is 0 Å². The molecule has 1 aromatic rings. The second kappa shape index (κ2) is 10.6. The van der Waals surface area contributed by atoms with Crippen LogP contribution in [-0.2, 0) is 6.42 Å². The summed E-state index contributed by atoms with van der Waals surface area (Å²) in [5.41, 5.74) is 1.27. The van der Waals surface area contributed by atoms with Crippen molar-refractivity contribution < 1.29 is 9.47 Å². The molecule has 0 bridgehead atoms. The van der Waals surface area contributed by atoms with Gasteiger partial charge in [0.25, 0.3) is 0 Å². The van der Waals surface area contributed by atoms with Crippen LogP contribution in [-0.4, -0.2) is 26.8 Å². The Morgan fingerprint density at radius 2 is 1.85 bits per heavy atom. The number of aryl methyl sites for hydroxylation is 1. The Hall–Kier alpha value is -1.22. The van der Waals surface area contributed by atoms with E-state index in [-0.39, 0.29) is 0 Å². The molecule has 0 fully saturated rings. The van der Waals surface area contributed by atoms with Gasteiger partial charge in [0.15, 0.2) is 11.5 Å². The minimum atomic E-state index is 0.760. The van der Waals surface area contributed by atoms with Crippen molar-refractivity contribution in [2.75, 3.05) is 26.8 Å². The van der Waals surface area contributed by atoms with E-state index in [0.717, 1.165) is 44.0 Å². The molecule has 3 nitrogen and oxygen atoms in total. The fraction of sp³-hybridized carbons (Fsp3) is 0.647. The topological polar surface area (TPSA) is 30.5 Å². The summed E-state index contributed by atoms with van der Waals surface area (Å²) in [4.78, 5) is 0.